The van der Waals surface area contributed by atoms with Gasteiger partial charge in [0.05, 0.1) is 5.00 Å². The number of alkyl halides is 1. The Kier molecular flexibility index (Phi) is 3.02. The maximum absolute atomic E-state index is 6.02. The molecule has 50 valence electrons. The van der Waals surface area contributed by atoms with Crippen LogP contribution >= 0.6 is 11.6 Å². The minimum atomic E-state index is -0.0910. The third kappa shape index (κ3) is 2.16. The van der Waals surface area contributed by atoms with Gasteiger partial charge >= 0.3 is 0 Å². The minimum Gasteiger partial charge on any atom is -0.292 e. The molecule has 8 heavy (non-hydrogen) atoms. The summed E-state index contributed by atoms with van der Waals surface area (Å²) in [5.74, 6) is 0. The molecule has 0 saturated heterocycles. The van der Waals surface area contributed by atoms with Crippen LogP contribution in [-0.4, -0.2) is 34.2 Å². The summed E-state index contributed by atoms with van der Waals surface area (Å²) in [6, 6.07) is 1.11. The Bertz CT molecular complexity index is 72.8. The third-order valence-corrected chi connectivity index (χ3v) is 4.01. The zero-order valence-corrected chi connectivity index (χ0v) is 8.79. The van der Waals surface area contributed by atoms with Crippen LogP contribution in [0.15, 0.2) is 0 Å². The molecule has 0 bridgehead atoms. The van der Waals surface area contributed by atoms with Crippen LogP contribution in [0.25, 0.3) is 0 Å². The van der Waals surface area contributed by atoms with Gasteiger partial charge in [-0.2, -0.15) is 0 Å². The lowest BCUT2D eigenvalue weighted by atomic mass is 10.3. The van der Waals surface area contributed by atoms with Crippen molar-refractivity contribution in [2.75, 3.05) is 14.1 Å². The van der Waals surface area contributed by atoms with Crippen LogP contribution in [0.4, 0.5) is 0 Å². The average molecular weight is 152 g/mol. The Hall–Kier alpha value is 0.467. The highest BCUT2D eigenvalue weighted by Gasteiger charge is 2.19. The molecule has 1 nitrogen and oxygen atoms in total. The van der Waals surface area contributed by atoms with Gasteiger partial charge in [0.1, 0.15) is 0 Å². The second-order valence-corrected chi connectivity index (χ2v) is 3.91. The molecular weight excluding hydrogens is 138 g/mol. The first kappa shape index (κ1) is 8.47. The van der Waals surface area contributed by atoms with Crippen molar-refractivity contribution in [3.8, 4) is 0 Å². The molecule has 0 aromatic rings. The highest BCUT2D eigenvalue weighted by Crippen LogP contribution is 2.19. The Morgan fingerprint density at radius 3 is 2.00 bits per heavy atom. The second kappa shape index (κ2) is 2.85. The van der Waals surface area contributed by atoms with Crippen molar-refractivity contribution in [2.45, 2.75) is 18.0 Å². The molecule has 0 rings (SSSR count). The van der Waals surface area contributed by atoms with Gasteiger partial charge in [-0.15, -0.1) is 11.6 Å². The van der Waals surface area contributed by atoms with E-state index in [0.29, 0.717) is 0 Å². The van der Waals surface area contributed by atoms with E-state index in [-0.39, 0.29) is 5.00 Å². The molecule has 0 aliphatic rings. The summed E-state index contributed by atoms with van der Waals surface area (Å²) in [5, 5.41) is 0. The van der Waals surface area contributed by atoms with E-state index < -0.39 is 0 Å². The van der Waals surface area contributed by atoms with Crippen molar-refractivity contribution in [1.82, 2.24) is 4.90 Å². The van der Waals surface area contributed by atoms with E-state index in [1.807, 2.05) is 25.9 Å². The van der Waals surface area contributed by atoms with Crippen molar-refractivity contribution >= 4 is 21.8 Å². The molecule has 0 aliphatic heterocycles. The molecule has 0 radical (unpaired) electrons. The van der Waals surface area contributed by atoms with Crippen molar-refractivity contribution in [3.05, 3.63) is 0 Å². The van der Waals surface area contributed by atoms with Gasteiger partial charge in [-0.3, -0.25) is 4.90 Å². The summed E-state index contributed by atoms with van der Waals surface area (Å²) < 4.78 is 0. The summed E-state index contributed by atoms with van der Waals surface area (Å²) in [4.78, 5) is 1.95. The maximum Gasteiger partial charge on any atom is 0.0895 e. The van der Waals surface area contributed by atoms with Crippen molar-refractivity contribution in [3.63, 3.8) is 0 Å². The van der Waals surface area contributed by atoms with Crippen LogP contribution in [0.5, 0.6) is 0 Å². The van der Waals surface area contributed by atoms with Crippen LogP contribution in [0, 0.1) is 0 Å². The lowest BCUT2D eigenvalue weighted by Gasteiger charge is -2.28. The van der Waals surface area contributed by atoms with E-state index >= 15 is 0 Å². The largest absolute Gasteiger partial charge is 0.292 e. The average Bonchev–Trinajstić information content (AvgIpc) is 1.67. The molecule has 0 spiro atoms. The molecular formula is C5H14ClNSi. The lowest BCUT2D eigenvalue weighted by Crippen LogP contribution is -2.34. The molecule has 0 saturated carbocycles. The number of nitrogens with zero attached hydrogens (tertiary/aromatic N) is 1. The normalized spacial score (nSPS) is 19.1. The maximum atomic E-state index is 6.02. The van der Waals surface area contributed by atoms with E-state index in [2.05, 4.69) is 0 Å². The molecule has 0 amide bonds. The molecule has 3 heteroatoms. The van der Waals surface area contributed by atoms with Crippen molar-refractivity contribution < 1.29 is 0 Å². The Morgan fingerprint density at radius 2 is 2.00 bits per heavy atom. The summed E-state index contributed by atoms with van der Waals surface area (Å²) in [6.07, 6.45) is 0. The first-order valence-electron chi connectivity index (χ1n) is 2.87. The van der Waals surface area contributed by atoms with Gasteiger partial charge in [0.2, 0.25) is 0 Å². The van der Waals surface area contributed by atoms with Gasteiger partial charge in [0, 0.05) is 10.2 Å². The molecule has 0 aromatic heterocycles. The summed E-state index contributed by atoms with van der Waals surface area (Å²) in [6.45, 7) is 2.04. The van der Waals surface area contributed by atoms with Gasteiger partial charge in [-0.25, -0.2) is 0 Å². The van der Waals surface area contributed by atoms with Gasteiger partial charge in [0.25, 0.3) is 0 Å². The Labute approximate surface area is 59.4 Å². The first-order chi connectivity index (χ1) is 3.50. The standard InChI is InChI=1S/C5H14ClNSi/c1-5(6,4-8)7(2)3/h4H2,1-3,8H3. The molecule has 0 N–H and O–H groups in total. The van der Waals surface area contributed by atoms with Crippen LogP contribution in [0.3, 0.4) is 0 Å². The smallest absolute Gasteiger partial charge is 0.0895 e. The fraction of sp³-hybridized carbons (Fsp3) is 1.00. The van der Waals surface area contributed by atoms with E-state index in [1.54, 1.807) is 0 Å². The predicted octanol–water partition coefficient (Wildman–Crippen LogP) is 0.287. The van der Waals surface area contributed by atoms with Gasteiger partial charge in [0.15, 0.2) is 0 Å². The minimum absolute atomic E-state index is 0.0910. The molecule has 0 heterocycles. The number of hydrogen-bond acceptors (Lipinski definition) is 1. The molecule has 1 unspecified atom stereocenters. The van der Waals surface area contributed by atoms with Crippen molar-refractivity contribution in [2.24, 2.45) is 0 Å². The highest BCUT2D eigenvalue weighted by atomic mass is 35.5. The molecule has 0 aromatic carbocycles. The SMILES string of the molecule is CN(C)C(C)(Cl)C[SiH3]. The van der Waals surface area contributed by atoms with Crippen LogP contribution in [-0.2, 0) is 0 Å². The summed E-state index contributed by atoms with van der Waals surface area (Å²) in [5.41, 5.74) is 0. The van der Waals surface area contributed by atoms with E-state index in [1.165, 1.54) is 10.2 Å². The molecule has 0 aliphatic carbocycles. The van der Waals surface area contributed by atoms with Gasteiger partial charge in [-0.1, -0.05) is 0 Å². The summed E-state index contributed by atoms with van der Waals surface area (Å²) in [7, 11) is 5.18. The number of halogens is 1. The van der Waals surface area contributed by atoms with Crippen LogP contribution in [0.2, 0.25) is 6.04 Å². The van der Waals surface area contributed by atoms with E-state index in [4.69, 9.17) is 11.6 Å². The highest BCUT2D eigenvalue weighted by molar-refractivity contribution is 6.27. The van der Waals surface area contributed by atoms with Crippen LogP contribution in [0.1, 0.15) is 6.92 Å². The summed E-state index contributed by atoms with van der Waals surface area (Å²) >= 11 is 6.02. The topological polar surface area (TPSA) is 3.24 Å². The fourth-order valence-electron chi connectivity index (χ4n) is 0.316. The lowest BCUT2D eigenvalue weighted by molar-refractivity contribution is 0.292. The number of hydrogen-bond donors (Lipinski definition) is 0. The number of rotatable bonds is 2. The fourth-order valence-corrected chi connectivity index (χ4v) is 0.949. The molecule has 1 atom stereocenters. The quantitative estimate of drug-likeness (QED) is 0.312. The monoisotopic (exact) mass is 151 g/mol. The predicted molar refractivity (Wildman–Crippen MR) is 42.7 cm³/mol. The van der Waals surface area contributed by atoms with E-state index in [0.717, 1.165) is 6.04 Å². The first-order valence-corrected chi connectivity index (χ1v) is 4.66. The Balaban J connectivity index is 3.71. The van der Waals surface area contributed by atoms with E-state index in [9.17, 15) is 0 Å². The van der Waals surface area contributed by atoms with Crippen molar-refractivity contribution in [1.29, 1.82) is 0 Å². The molecule has 0 fully saturated rings. The van der Waals surface area contributed by atoms with Gasteiger partial charge in [-0.05, 0) is 27.1 Å². The second-order valence-electron chi connectivity index (χ2n) is 2.39. The third-order valence-electron chi connectivity index (χ3n) is 1.58. The Morgan fingerprint density at radius 1 is 1.62 bits per heavy atom. The zero-order chi connectivity index (χ0) is 6.78. The zero-order valence-electron chi connectivity index (χ0n) is 6.03. The van der Waals surface area contributed by atoms with Crippen LogP contribution < -0.4 is 0 Å². The van der Waals surface area contributed by atoms with Gasteiger partial charge < -0.3 is 0 Å².